The Balaban J connectivity index is 1.26. The van der Waals surface area contributed by atoms with Crippen LogP contribution in [0.25, 0.3) is 0 Å². The first-order chi connectivity index (χ1) is 21.7. The molecule has 0 spiro atoms. The van der Waals surface area contributed by atoms with Crippen LogP contribution in [0.2, 0.25) is 0 Å². The fourth-order valence-electron chi connectivity index (χ4n) is 3.81. The number of sulfonamides is 1. The second kappa shape index (κ2) is 15.3. The molecule has 234 valence electrons. The van der Waals surface area contributed by atoms with Crippen molar-refractivity contribution in [3.63, 3.8) is 0 Å². The van der Waals surface area contributed by atoms with Gasteiger partial charge in [0.25, 0.3) is 5.91 Å². The first-order valence-corrected chi connectivity index (χ1v) is 14.9. The molecule has 3 amide bonds. The molecule has 0 aliphatic heterocycles. The fraction of sp³-hybridized carbons (Fsp3) is 0.167. The summed E-state index contributed by atoms with van der Waals surface area (Å²) < 4.78 is 43.0. The molecule has 0 saturated carbocycles. The van der Waals surface area contributed by atoms with Crippen molar-refractivity contribution in [3.8, 4) is 0 Å². The quantitative estimate of drug-likeness (QED) is 0.0858. The average molecular weight is 636 g/mol. The predicted octanol–water partition coefficient (Wildman–Crippen LogP) is 2.65. The van der Waals surface area contributed by atoms with Gasteiger partial charge in [0.05, 0.1) is 49.2 Å². The van der Waals surface area contributed by atoms with Crippen molar-refractivity contribution < 1.29 is 41.2 Å². The van der Waals surface area contributed by atoms with Crippen LogP contribution in [0.5, 0.6) is 0 Å². The number of amides is 3. The maximum atomic E-state index is 13.2. The number of benzene rings is 2. The standard InChI is InChI=1S/C30H29N5O9S/c1-2-42-30(39)21-10-12-22(13-11-21)33-29(38)28(37)31-17-23-14-15-24(44-23)18-32-34-27(36)20-35(19-25-7-6-16-43-25)45(40,41)26-8-4-3-5-9-26/h3-16,18H,2,17,19-20H2,1H3,(H,31,37)(H,33,38)(H,34,36)/b32-18-. The zero-order valence-corrected chi connectivity index (χ0v) is 24.8. The molecule has 2 aromatic heterocycles. The second-order valence-corrected chi connectivity index (χ2v) is 11.1. The van der Waals surface area contributed by atoms with Crippen molar-refractivity contribution in [1.82, 2.24) is 15.0 Å². The van der Waals surface area contributed by atoms with E-state index in [0.717, 1.165) is 4.31 Å². The first kappa shape index (κ1) is 32.4. The summed E-state index contributed by atoms with van der Waals surface area (Å²) in [6.45, 7) is 1.09. The molecule has 0 unspecified atom stereocenters. The number of rotatable bonds is 13. The largest absolute Gasteiger partial charge is 0.468 e. The number of carbonyl (C=O) groups excluding carboxylic acids is 4. The molecule has 3 N–H and O–H groups in total. The Bertz CT molecular complexity index is 1750. The number of nitrogens with zero attached hydrogens (tertiary/aromatic N) is 2. The van der Waals surface area contributed by atoms with Crippen LogP contribution >= 0.6 is 0 Å². The van der Waals surface area contributed by atoms with Crippen molar-refractivity contribution >= 4 is 45.6 Å². The molecule has 45 heavy (non-hydrogen) atoms. The molecule has 0 saturated heterocycles. The molecule has 2 aromatic carbocycles. The molecule has 0 fully saturated rings. The van der Waals surface area contributed by atoms with E-state index >= 15 is 0 Å². The van der Waals surface area contributed by atoms with Crippen molar-refractivity contribution in [2.75, 3.05) is 18.5 Å². The minimum atomic E-state index is -4.03. The van der Waals surface area contributed by atoms with Crippen LogP contribution in [0.3, 0.4) is 0 Å². The third kappa shape index (κ3) is 9.22. The summed E-state index contributed by atoms with van der Waals surface area (Å²) in [6, 6.07) is 19.8. The smallest absolute Gasteiger partial charge is 0.338 e. The third-order valence-electron chi connectivity index (χ3n) is 5.96. The molecule has 15 heteroatoms. The lowest BCUT2D eigenvalue weighted by Crippen LogP contribution is -2.38. The number of furan rings is 2. The van der Waals surface area contributed by atoms with Gasteiger partial charge >= 0.3 is 17.8 Å². The molecule has 0 radical (unpaired) electrons. The average Bonchev–Trinajstić information content (AvgIpc) is 3.73. The lowest BCUT2D eigenvalue weighted by Gasteiger charge is -2.20. The molecule has 0 bridgehead atoms. The topological polar surface area (TPSA) is 190 Å². The van der Waals surface area contributed by atoms with Crippen LogP contribution in [0.1, 0.15) is 34.6 Å². The number of hydrogen-bond acceptors (Lipinski definition) is 10. The summed E-state index contributed by atoms with van der Waals surface area (Å²) in [5.74, 6) is -2.20. The number of nitrogens with one attached hydrogen (secondary N) is 3. The van der Waals surface area contributed by atoms with Crippen molar-refractivity contribution in [2.45, 2.75) is 24.9 Å². The fourth-order valence-corrected chi connectivity index (χ4v) is 5.19. The Morgan fingerprint density at radius 3 is 2.36 bits per heavy atom. The van der Waals surface area contributed by atoms with Gasteiger partial charge in [0.15, 0.2) is 0 Å². The van der Waals surface area contributed by atoms with Crippen LogP contribution in [-0.2, 0) is 42.2 Å². The van der Waals surface area contributed by atoms with E-state index in [9.17, 15) is 27.6 Å². The Kier molecular flexibility index (Phi) is 11.0. The van der Waals surface area contributed by atoms with Gasteiger partial charge in [-0.2, -0.15) is 9.41 Å². The van der Waals surface area contributed by atoms with E-state index < -0.39 is 40.3 Å². The molecule has 0 atom stereocenters. The van der Waals surface area contributed by atoms with Gasteiger partial charge in [-0.15, -0.1) is 0 Å². The highest BCUT2D eigenvalue weighted by molar-refractivity contribution is 7.89. The van der Waals surface area contributed by atoms with Crippen LogP contribution in [0.15, 0.2) is 104 Å². The van der Waals surface area contributed by atoms with Crippen molar-refractivity contribution in [1.29, 1.82) is 0 Å². The van der Waals surface area contributed by atoms with E-state index in [4.69, 9.17) is 13.6 Å². The van der Waals surface area contributed by atoms with Crippen LogP contribution < -0.4 is 16.1 Å². The molecule has 14 nitrogen and oxygen atoms in total. The van der Waals surface area contributed by atoms with E-state index in [1.165, 1.54) is 61.0 Å². The van der Waals surface area contributed by atoms with Crippen molar-refractivity contribution in [3.05, 3.63) is 108 Å². The summed E-state index contributed by atoms with van der Waals surface area (Å²) >= 11 is 0. The highest BCUT2D eigenvalue weighted by Crippen LogP contribution is 2.18. The minimum absolute atomic E-state index is 0.0187. The number of hydrazone groups is 1. The molecule has 4 aromatic rings. The highest BCUT2D eigenvalue weighted by Gasteiger charge is 2.27. The van der Waals surface area contributed by atoms with Crippen LogP contribution in [0.4, 0.5) is 5.69 Å². The van der Waals surface area contributed by atoms with E-state index in [1.807, 2.05) is 0 Å². The van der Waals surface area contributed by atoms with Gasteiger partial charge in [-0.1, -0.05) is 18.2 Å². The van der Waals surface area contributed by atoms with Gasteiger partial charge in [0, 0.05) is 5.69 Å². The van der Waals surface area contributed by atoms with E-state index in [0.29, 0.717) is 22.8 Å². The molecule has 2 heterocycles. The number of carbonyl (C=O) groups is 4. The molecular formula is C30H29N5O9S. The first-order valence-electron chi connectivity index (χ1n) is 13.5. The van der Waals surface area contributed by atoms with Crippen LogP contribution in [0, 0.1) is 0 Å². The Labute approximate surface area is 258 Å². The molecule has 0 aliphatic carbocycles. The zero-order valence-electron chi connectivity index (χ0n) is 24.0. The van der Waals surface area contributed by atoms with Gasteiger partial charge in [0.1, 0.15) is 17.3 Å². The second-order valence-electron chi connectivity index (χ2n) is 9.20. The number of anilines is 1. The SMILES string of the molecule is CCOC(=O)c1ccc(NC(=O)C(=O)NCc2ccc(/C=N\NC(=O)CN(Cc3ccco3)S(=O)(=O)c3ccccc3)o2)cc1. The normalized spacial score (nSPS) is 11.3. The Morgan fingerprint density at radius 1 is 0.911 bits per heavy atom. The molecular weight excluding hydrogens is 606 g/mol. The number of esters is 1. The van der Waals surface area contributed by atoms with Gasteiger partial charge in [0.2, 0.25) is 10.0 Å². The molecule has 0 aliphatic rings. The Hall–Kier alpha value is -5.54. The van der Waals surface area contributed by atoms with Gasteiger partial charge in [-0.3, -0.25) is 14.4 Å². The minimum Gasteiger partial charge on any atom is -0.468 e. The predicted molar refractivity (Wildman–Crippen MR) is 160 cm³/mol. The third-order valence-corrected chi connectivity index (χ3v) is 7.77. The summed E-state index contributed by atoms with van der Waals surface area (Å²) in [7, 11) is -4.03. The van der Waals surface area contributed by atoms with E-state index in [-0.39, 0.29) is 30.4 Å². The highest BCUT2D eigenvalue weighted by atomic mass is 32.2. The van der Waals surface area contributed by atoms with E-state index in [1.54, 1.807) is 37.3 Å². The number of hydrogen-bond donors (Lipinski definition) is 3. The summed E-state index contributed by atoms with van der Waals surface area (Å²) in [5.41, 5.74) is 2.88. The summed E-state index contributed by atoms with van der Waals surface area (Å²) in [4.78, 5) is 48.8. The van der Waals surface area contributed by atoms with Gasteiger partial charge in [-0.25, -0.2) is 18.6 Å². The van der Waals surface area contributed by atoms with Crippen molar-refractivity contribution in [2.24, 2.45) is 5.10 Å². The summed E-state index contributed by atoms with van der Waals surface area (Å²) in [5, 5.41) is 8.65. The zero-order chi connectivity index (χ0) is 32.2. The lowest BCUT2D eigenvalue weighted by atomic mass is 10.2. The maximum Gasteiger partial charge on any atom is 0.338 e. The number of ether oxygens (including phenoxy) is 1. The monoisotopic (exact) mass is 635 g/mol. The summed E-state index contributed by atoms with van der Waals surface area (Å²) in [6.07, 6.45) is 2.60. The lowest BCUT2D eigenvalue weighted by molar-refractivity contribution is -0.136. The van der Waals surface area contributed by atoms with E-state index in [2.05, 4.69) is 21.2 Å². The maximum absolute atomic E-state index is 13.2. The Morgan fingerprint density at radius 2 is 1.67 bits per heavy atom. The van der Waals surface area contributed by atoms with Gasteiger partial charge < -0.3 is 24.2 Å². The van der Waals surface area contributed by atoms with Gasteiger partial charge in [-0.05, 0) is 67.6 Å². The van der Waals surface area contributed by atoms with Crippen LogP contribution in [-0.4, -0.2) is 55.8 Å². The molecule has 4 rings (SSSR count).